The quantitative estimate of drug-likeness (QED) is 0.325. The number of anilines is 1. The Labute approximate surface area is 209 Å². The van der Waals surface area contributed by atoms with Gasteiger partial charge in [-0.25, -0.2) is 0 Å². The predicted molar refractivity (Wildman–Crippen MR) is 138 cm³/mol. The number of benzene rings is 3. The van der Waals surface area contributed by atoms with Gasteiger partial charge in [-0.3, -0.25) is 4.79 Å². The van der Waals surface area contributed by atoms with Crippen molar-refractivity contribution in [3.05, 3.63) is 77.5 Å². The number of hydrogen-bond donors (Lipinski definition) is 3. The molecule has 8 heteroatoms. The lowest BCUT2D eigenvalue weighted by Crippen LogP contribution is -2.37. The lowest BCUT2D eigenvalue weighted by atomic mass is 9.98. The summed E-state index contributed by atoms with van der Waals surface area (Å²) in [7, 11) is 3.17. The molecule has 1 heterocycles. The lowest BCUT2D eigenvalue weighted by molar-refractivity contribution is -0.117. The first-order valence-corrected chi connectivity index (χ1v) is 11.4. The summed E-state index contributed by atoms with van der Waals surface area (Å²) in [5, 5.41) is 16.4. The molecule has 186 valence electrons. The second-order valence-corrected chi connectivity index (χ2v) is 8.57. The summed E-state index contributed by atoms with van der Waals surface area (Å²) in [4.78, 5) is 12.9. The highest BCUT2D eigenvalue weighted by Crippen LogP contribution is 2.38. The molecule has 1 atom stereocenters. The zero-order chi connectivity index (χ0) is 25.8. The second-order valence-electron chi connectivity index (χ2n) is 8.57. The van der Waals surface area contributed by atoms with Gasteiger partial charge in [0.15, 0.2) is 5.76 Å². The highest BCUT2D eigenvalue weighted by Gasteiger charge is 2.20. The van der Waals surface area contributed by atoms with E-state index in [-0.39, 0.29) is 11.7 Å². The normalized spacial score (nSPS) is 11.7. The number of ether oxygens (including phenoxy) is 2. The number of methoxy groups -OCH3 is 2. The largest absolute Gasteiger partial charge is 0.508 e. The van der Waals surface area contributed by atoms with Gasteiger partial charge < -0.3 is 30.2 Å². The number of carbonyl (C=O) groups is 1. The van der Waals surface area contributed by atoms with E-state index in [1.165, 1.54) is 7.11 Å². The van der Waals surface area contributed by atoms with E-state index >= 15 is 0 Å². The zero-order valence-electron chi connectivity index (χ0n) is 20.7. The van der Waals surface area contributed by atoms with E-state index in [0.717, 1.165) is 39.1 Å². The van der Waals surface area contributed by atoms with Crippen molar-refractivity contribution in [2.45, 2.75) is 26.3 Å². The number of aryl methyl sites for hydroxylation is 1. The van der Waals surface area contributed by atoms with Crippen LogP contribution in [0.3, 0.4) is 0 Å². The van der Waals surface area contributed by atoms with Crippen LogP contribution in [-0.4, -0.2) is 36.4 Å². The van der Waals surface area contributed by atoms with Crippen LogP contribution < -0.4 is 20.5 Å². The molecule has 3 aromatic carbocycles. The van der Waals surface area contributed by atoms with Crippen LogP contribution in [0, 0.1) is 13.8 Å². The van der Waals surface area contributed by atoms with E-state index in [0.29, 0.717) is 23.6 Å². The van der Waals surface area contributed by atoms with Crippen LogP contribution in [0.25, 0.3) is 22.5 Å². The maximum atomic E-state index is 12.9. The number of phenols is 1. The van der Waals surface area contributed by atoms with Gasteiger partial charge >= 0.3 is 0 Å². The number of aromatic hydroxyl groups is 1. The molecule has 0 aliphatic carbocycles. The van der Waals surface area contributed by atoms with Gasteiger partial charge in [-0.1, -0.05) is 23.4 Å². The van der Waals surface area contributed by atoms with E-state index < -0.39 is 6.04 Å². The van der Waals surface area contributed by atoms with E-state index in [1.807, 2.05) is 32.0 Å². The fourth-order valence-electron chi connectivity index (χ4n) is 4.00. The van der Waals surface area contributed by atoms with Gasteiger partial charge in [-0.05, 0) is 78.9 Å². The molecule has 1 aromatic heterocycles. The fraction of sp³-hybridized carbons (Fsp3) is 0.214. The summed E-state index contributed by atoms with van der Waals surface area (Å²) < 4.78 is 16.6. The predicted octanol–water partition coefficient (Wildman–Crippen LogP) is 4.86. The molecule has 1 amide bonds. The smallest absolute Gasteiger partial charge is 0.241 e. The Balaban J connectivity index is 1.62. The van der Waals surface area contributed by atoms with Gasteiger partial charge in [0.1, 0.15) is 17.2 Å². The van der Waals surface area contributed by atoms with Crippen molar-refractivity contribution in [1.82, 2.24) is 5.16 Å². The van der Waals surface area contributed by atoms with Crippen LogP contribution in [-0.2, 0) is 11.2 Å². The number of aromatic nitrogens is 1. The van der Waals surface area contributed by atoms with Crippen LogP contribution in [0.4, 0.5) is 5.69 Å². The molecule has 4 N–H and O–H groups in total. The van der Waals surface area contributed by atoms with Gasteiger partial charge in [-0.15, -0.1) is 0 Å². The van der Waals surface area contributed by atoms with Gasteiger partial charge in [0.25, 0.3) is 0 Å². The first-order chi connectivity index (χ1) is 17.3. The molecule has 8 nitrogen and oxygen atoms in total. The molecule has 0 saturated carbocycles. The third-order valence-electron chi connectivity index (χ3n) is 6.17. The molecular weight excluding hydrogens is 458 g/mol. The first kappa shape index (κ1) is 24.8. The Morgan fingerprint density at radius 1 is 1.03 bits per heavy atom. The van der Waals surface area contributed by atoms with Crippen LogP contribution in [0.5, 0.6) is 17.2 Å². The zero-order valence-corrected chi connectivity index (χ0v) is 20.7. The van der Waals surface area contributed by atoms with E-state index in [1.54, 1.807) is 49.7 Å². The molecule has 0 aliphatic rings. The topological polar surface area (TPSA) is 120 Å². The van der Waals surface area contributed by atoms with Crippen LogP contribution in [0.15, 0.2) is 65.3 Å². The average Bonchev–Trinajstić information content (AvgIpc) is 3.37. The minimum Gasteiger partial charge on any atom is -0.508 e. The van der Waals surface area contributed by atoms with E-state index in [2.05, 4.69) is 10.5 Å². The van der Waals surface area contributed by atoms with Crippen molar-refractivity contribution in [3.8, 4) is 39.7 Å². The van der Waals surface area contributed by atoms with Gasteiger partial charge in [0.2, 0.25) is 5.91 Å². The lowest BCUT2D eigenvalue weighted by Gasteiger charge is -2.16. The Morgan fingerprint density at radius 2 is 1.75 bits per heavy atom. The average molecular weight is 488 g/mol. The Hall–Kier alpha value is -4.30. The highest BCUT2D eigenvalue weighted by molar-refractivity contribution is 5.97. The molecule has 0 saturated heterocycles. The van der Waals surface area contributed by atoms with Crippen molar-refractivity contribution in [2.75, 3.05) is 19.5 Å². The highest BCUT2D eigenvalue weighted by atomic mass is 16.5. The number of rotatable bonds is 8. The summed E-state index contributed by atoms with van der Waals surface area (Å²) in [5.41, 5.74) is 12.0. The minimum absolute atomic E-state index is 0.158. The van der Waals surface area contributed by atoms with Crippen molar-refractivity contribution in [2.24, 2.45) is 5.73 Å². The summed E-state index contributed by atoms with van der Waals surface area (Å²) in [6.07, 6.45) is 1.96. The number of nitrogens with zero attached hydrogens (tertiary/aromatic N) is 1. The van der Waals surface area contributed by atoms with Crippen molar-refractivity contribution in [3.63, 3.8) is 0 Å². The molecule has 4 aromatic rings. The molecule has 1 unspecified atom stereocenters. The Morgan fingerprint density at radius 3 is 2.44 bits per heavy atom. The van der Waals surface area contributed by atoms with Crippen LogP contribution >= 0.6 is 0 Å². The molecule has 0 spiro atoms. The Bertz CT molecular complexity index is 1380. The molecular formula is C28H29N3O5. The molecule has 4 rings (SSSR count). The molecule has 36 heavy (non-hydrogen) atoms. The number of phenolic OH excluding ortho intramolecular Hbond substituents is 1. The maximum absolute atomic E-state index is 12.9. The van der Waals surface area contributed by atoms with Gasteiger partial charge in [0, 0.05) is 11.1 Å². The number of amides is 1. The van der Waals surface area contributed by atoms with Crippen molar-refractivity contribution < 1.29 is 23.9 Å². The van der Waals surface area contributed by atoms with Crippen LogP contribution in [0.2, 0.25) is 0 Å². The van der Waals surface area contributed by atoms with Gasteiger partial charge in [-0.2, -0.15) is 0 Å². The van der Waals surface area contributed by atoms with Gasteiger partial charge in [0.05, 0.1) is 32.1 Å². The SMILES string of the molecule is COc1ccc(-c2cnoc2-c2cc(C)c(C)c(OC)c2)cc1NC(=O)C(N)Cc1ccc(O)cc1. The second kappa shape index (κ2) is 10.5. The molecule has 0 fully saturated rings. The number of carbonyl (C=O) groups excluding carboxylic acids is 1. The number of nitrogens with one attached hydrogen (secondary N) is 1. The summed E-state index contributed by atoms with van der Waals surface area (Å²) in [5.74, 6) is 1.64. The van der Waals surface area contributed by atoms with Crippen molar-refractivity contribution >= 4 is 11.6 Å². The number of hydrogen-bond acceptors (Lipinski definition) is 7. The first-order valence-electron chi connectivity index (χ1n) is 11.4. The third-order valence-corrected chi connectivity index (χ3v) is 6.17. The Kier molecular flexibility index (Phi) is 7.26. The van der Waals surface area contributed by atoms with E-state index in [9.17, 15) is 9.90 Å². The summed E-state index contributed by atoms with van der Waals surface area (Å²) >= 11 is 0. The van der Waals surface area contributed by atoms with Crippen LogP contribution in [0.1, 0.15) is 16.7 Å². The number of nitrogens with two attached hydrogens (primary N) is 1. The third kappa shape index (κ3) is 5.18. The van der Waals surface area contributed by atoms with E-state index in [4.69, 9.17) is 19.7 Å². The monoisotopic (exact) mass is 487 g/mol. The minimum atomic E-state index is -0.794. The molecule has 0 radical (unpaired) electrons. The summed E-state index contributed by atoms with van der Waals surface area (Å²) in [6.45, 7) is 4.02. The molecule has 0 aliphatic heterocycles. The fourth-order valence-corrected chi connectivity index (χ4v) is 4.00. The molecule has 0 bridgehead atoms. The standard InChI is InChI=1S/C28H29N3O5/c1-16-11-20(14-26(35-4)17(16)2)27-22(15-30-36-27)19-7-10-25(34-3)24(13-19)31-28(33)23(29)12-18-5-8-21(32)9-6-18/h5-11,13-15,23,32H,12,29H2,1-4H3,(H,31,33). The summed E-state index contributed by atoms with van der Waals surface area (Å²) in [6, 6.07) is 15.2. The van der Waals surface area contributed by atoms with Crippen molar-refractivity contribution in [1.29, 1.82) is 0 Å². The maximum Gasteiger partial charge on any atom is 0.241 e.